The van der Waals surface area contributed by atoms with Crippen LogP contribution in [-0.4, -0.2) is 19.5 Å². The molecule has 8 aromatic carbocycles. The van der Waals surface area contributed by atoms with E-state index in [1.165, 1.54) is 43.8 Å². The van der Waals surface area contributed by atoms with E-state index in [-0.39, 0.29) is 5.41 Å². The van der Waals surface area contributed by atoms with Gasteiger partial charge < -0.3 is 8.98 Å². The fraction of sp³-hybridized carbons (Fsp3) is 0.0577. The molecular weight excluding hydrogens is 697 g/mol. The van der Waals surface area contributed by atoms with Gasteiger partial charge in [-0.15, -0.1) is 0 Å². The van der Waals surface area contributed by atoms with Gasteiger partial charge >= 0.3 is 0 Å². The summed E-state index contributed by atoms with van der Waals surface area (Å²) in [5.74, 6) is 1.84. The summed E-state index contributed by atoms with van der Waals surface area (Å²) in [6, 6.07) is 59.9. The summed E-state index contributed by atoms with van der Waals surface area (Å²) in [5, 5.41) is 6.85. The molecule has 0 atom stereocenters. The van der Waals surface area contributed by atoms with E-state index in [0.717, 1.165) is 55.3 Å². The van der Waals surface area contributed by atoms with Crippen molar-refractivity contribution < 1.29 is 4.42 Å². The lowest BCUT2D eigenvalue weighted by atomic mass is 9.82. The molecule has 3 heterocycles. The molecule has 57 heavy (non-hydrogen) atoms. The van der Waals surface area contributed by atoms with Crippen LogP contribution in [-0.2, 0) is 5.41 Å². The summed E-state index contributed by atoms with van der Waals surface area (Å²) in [5.41, 5.74) is 12.6. The molecule has 268 valence electrons. The van der Waals surface area contributed by atoms with E-state index in [2.05, 4.69) is 158 Å². The van der Waals surface area contributed by atoms with E-state index in [9.17, 15) is 0 Å². The summed E-state index contributed by atoms with van der Waals surface area (Å²) in [7, 11) is 0. The number of para-hydroxylation sites is 2. The average Bonchev–Trinajstić information content (AvgIpc) is 3.90. The van der Waals surface area contributed by atoms with Gasteiger partial charge in [-0.1, -0.05) is 147 Å². The first-order valence-corrected chi connectivity index (χ1v) is 19.5. The van der Waals surface area contributed by atoms with Gasteiger partial charge in [-0.05, 0) is 69.4 Å². The second kappa shape index (κ2) is 11.8. The fourth-order valence-electron chi connectivity index (χ4n) is 9.38. The fourth-order valence-corrected chi connectivity index (χ4v) is 9.38. The smallest absolute Gasteiger partial charge is 0.164 e. The minimum absolute atomic E-state index is 0.0942. The molecule has 0 bridgehead atoms. The number of aromatic nitrogens is 4. The first-order valence-electron chi connectivity index (χ1n) is 19.5. The Labute approximate surface area is 328 Å². The molecule has 0 aliphatic heterocycles. The molecule has 0 unspecified atom stereocenters. The van der Waals surface area contributed by atoms with Crippen LogP contribution in [0.3, 0.4) is 0 Å². The monoisotopic (exact) mass is 730 g/mol. The molecule has 0 saturated heterocycles. The summed E-state index contributed by atoms with van der Waals surface area (Å²) in [6.45, 7) is 4.61. The minimum Gasteiger partial charge on any atom is -0.454 e. The molecule has 0 fully saturated rings. The van der Waals surface area contributed by atoms with Crippen molar-refractivity contribution in [3.8, 4) is 51.0 Å². The van der Waals surface area contributed by atoms with Crippen LogP contribution in [0.15, 0.2) is 174 Å². The van der Waals surface area contributed by atoms with Crippen LogP contribution >= 0.6 is 0 Å². The van der Waals surface area contributed by atoms with Crippen molar-refractivity contribution in [2.45, 2.75) is 19.3 Å². The van der Waals surface area contributed by atoms with Crippen molar-refractivity contribution in [2.75, 3.05) is 0 Å². The Morgan fingerprint density at radius 1 is 0.456 bits per heavy atom. The number of nitrogens with zero attached hydrogens (tertiary/aromatic N) is 4. The van der Waals surface area contributed by atoms with Crippen molar-refractivity contribution >= 4 is 54.5 Å². The molecular formula is C52H34N4O. The number of furan rings is 1. The number of hydrogen-bond acceptors (Lipinski definition) is 4. The summed E-state index contributed by atoms with van der Waals surface area (Å²) in [6.07, 6.45) is 0. The van der Waals surface area contributed by atoms with E-state index in [1.54, 1.807) is 0 Å². The van der Waals surface area contributed by atoms with Gasteiger partial charge in [0.2, 0.25) is 0 Å². The highest BCUT2D eigenvalue weighted by molar-refractivity contribution is 6.22. The third-order valence-corrected chi connectivity index (χ3v) is 12.1. The normalized spacial score (nSPS) is 13.2. The Morgan fingerprint density at radius 3 is 2.02 bits per heavy atom. The van der Waals surface area contributed by atoms with Crippen molar-refractivity contribution in [3.63, 3.8) is 0 Å². The molecule has 1 aliphatic rings. The van der Waals surface area contributed by atoms with Gasteiger partial charge in [0.05, 0.1) is 16.7 Å². The molecule has 5 nitrogen and oxygen atoms in total. The third-order valence-electron chi connectivity index (χ3n) is 12.1. The maximum atomic E-state index is 6.90. The van der Waals surface area contributed by atoms with E-state index in [4.69, 9.17) is 19.4 Å². The molecule has 0 saturated carbocycles. The van der Waals surface area contributed by atoms with Crippen LogP contribution in [0.25, 0.3) is 105 Å². The van der Waals surface area contributed by atoms with Crippen molar-refractivity contribution in [1.82, 2.24) is 19.5 Å². The number of fused-ring (bicyclic) bond motifs is 11. The molecule has 0 N–H and O–H groups in total. The standard InChI is InChI=1S/C52H34N4O/c1-52(2)40-21-11-8-18-35(40)39-30-33(24-27-41(39)52)50-53-49(32-15-4-3-5-16-32)54-51(55-50)38-26-29-44(48-47(38)37-20-10-13-23-45(37)57-48)56-42-22-12-9-19-36(42)46-34-17-7-6-14-31(34)25-28-43(46)56/h3-30H,1-2H3. The Hall–Kier alpha value is -7.37. The summed E-state index contributed by atoms with van der Waals surface area (Å²) in [4.78, 5) is 15.7. The Morgan fingerprint density at radius 2 is 1.14 bits per heavy atom. The Kier molecular flexibility index (Phi) is 6.62. The molecule has 11 aromatic rings. The van der Waals surface area contributed by atoms with Gasteiger partial charge in [0.15, 0.2) is 23.1 Å². The van der Waals surface area contributed by atoms with Crippen molar-refractivity contribution in [2.24, 2.45) is 0 Å². The summed E-state index contributed by atoms with van der Waals surface area (Å²) >= 11 is 0. The molecule has 0 spiro atoms. The zero-order chi connectivity index (χ0) is 37.8. The van der Waals surface area contributed by atoms with E-state index in [1.807, 2.05) is 30.3 Å². The first kappa shape index (κ1) is 31.9. The number of rotatable bonds is 4. The molecule has 0 radical (unpaired) electrons. The van der Waals surface area contributed by atoms with Gasteiger partial charge in [-0.25, -0.2) is 15.0 Å². The zero-order valence-electron chi connectivity index (χ0n) is 31.4. The number of hydrogen-bond donors (Lipinski definition) is 0. The van der Waals surface area contributed by atoms with Gasteiger partial charge in [0.1, 0.15) is 5.58 Å². The van der Waals surface area contributed by atoms with Crippen LogP contribution < -0.4 is 0 Å². The minimum atomic E-state index is -0.0942. The lowest BCUT2D eigenvalue weighted by Crippen LogP contribution is -2.14. The van der Waals surface area contributed by atoms with Crippen LogP contribution in [0.1, 0.15) is 25.0 Å². The molecule has 0 amide bonds. The van der Waals surface area contributed by atoms with E-state index in [0.29, 0.717) is 17.5 Å². The van der Waals surface area contributed by atoms with Gasteiger partial charge in [0.25, 0.3) is 0 Å². The SMILES string of the molecule is CC1(C)c2ccccc2-c2cc(-c3nc(-c4ccccc4)nc(-c4ccc(-n5c6ccccc6c6c7ccccc7ccc65)c5oc6ccccc6c45)n3)ccc21. The zero-order valence-corrected chi connectivity index (χ0v) is 31.4. The average molecular weight is 731 g/mol. The summed E-state index contributed by atoms with van der Waals surface area (Å²) < 4.78 is 9.25. The Bertz CT molecular complexity index is 3450. The van der Waals surface area contributed by atoms with Crippen LogP contribution in [0.2, 0.25) is 0 Å². The van der Waals surface area contributed by atoms with Crippen LogP contribution in [0, 0.1) is 0 Å². The molecule has 1 aliphatic carbocycles. The highest BCUT2D eigenvalue weighted by Gasteiger charge is 2.35. The predicted octanol–water partition coefficient (Wildman–Crippen LogP) is 13.3. The molecule has 12 rings (SSSR count). The highest BCUT2D eigenvalue weighted by atomic mass is 16.3. The molecule has 3 aromatic heterocycles. The van der Waals surface area contributed by atoms with Crippen molar-refractivity contribution in [1.29, 1.82) is 0 Å². The highest BCUT2D eigenvalue weighted by Crippen LogP contribution is 2.50. The lowest BCUT2D eigenvalue weighted by Gasteiger charge is -2.21. The quantitative estimate of drug-likeness (QED) is 0.181. The Balaban J connectivity index is 1.13. The van der Waals surface area contributed by atoms with E-state index < -0.39 is 0 Å². The largest absolute Gasteiger partial charge is 0.454 e. The van der Waals surface area contributed by atoms with Gasteiger partial charge in [-0.2, -0.15) is 0 Å². The van der Waals surface area contributed by atoms with Gasteiger partial charge in [0, 0.05) is 43.7 Å². The second-order valence-corrected chi connectivity index (χ2v) is 15.6. The second-order valence-electron chi connectivity index (χ2n) is 15.6. The van der Waals surface area contributed by atoms with Crippen molar-refractivity contribution in [3.05, 3.63) is 181 Å². The number of benzene rings is 8. The topological polar surface area (TPSA) is 56.7 Å². The predicted molar refractivity (Wildman–Crippen MR) is 233 cm³/mol. The third kappa shape index (κ3) is 4.60. The van der Waals surface area contributed by atoms with Crippen LogP contribution in [0.4, 0.5) is 0 Å². The van der Waals surface area contributed by atoms with Crippen LogP contribution in [0.5, 0.6) is 0 Å². The maximum absolute atomic E-state index is 6.90. The van der Waals surface area contributed by atoms with Gasteiger partial charge in [-0.3, -0.25) is 0 Å². The first-order chi connectivity index (χ1) is 28.0. The molecule has 5 heteroatoms. The lowest BCUT2D eigenvalue weighted by molar-refractivity contribution is 0.660. The maximum Gasteiger partial charge on any atom is 0.164 e. The van der Waals surface area contributed by atoms with E-state index >= 15 is 0 Å².